The van der Waals surface area contributed by atoms with Crippen molar-refractivity contribution in [1.82, 2.24) is 47.1 Å². The largest absolute Gasteiger partial charge is 0.508 e. The molecule has 0 radical (unpaired) electrons. The van der Waals surface area contributed by atoms with Gasteiger partial charge >= 0.3 is 0 Å². The number of aromatic hydroxyl groups is 1. The zero-order chi connectivity index (χ0) is 42.4. The van der Waals surface area contributed by atoms with E-state index in [1.54, 1.807) is 19.9 Å². The van der Waals surface area contributed by atoms with Crippen LogP contribution in [0.5, 0.6) is 5.75 Å². The van der Waals surface area contributed by atoms with Gasteiger partial charge in [-0.15, -0.1) is 11.8 Å². The predicted octanol–water partition coefficient (Wildman–Crippen LogP) is -3.91. The Morgan fingerprint density at radius 1 is 0.897 bits per heavy atom. The lowest BCUT2D eigenvalue weighted by molar-refractivity contribution is -0.143. The van der Waals surface area contributed by atoms with Crippen LogP contribution in [0.4, 0.5) is 0 Å². The Bertz CT molecular complexity index is 1990. The van der Waals surface area contributed by atoms with Crippen LogP contribution in [-0.4, -0.2) is 141 Å². The van der Waals surface area contributed by atoms with E-state index in [2.05, 4.69) is 42.2 Å². The van der Waals surface area contributed by atoms with Gasteiger partial charge in [-0.1, -0.05) is 20.3 Å². The summed E-state index contributed by atoms with van der Waals surface area (Å²) in [7, 11) is 0. The molecule has 8 atom stereocenters. The van der Waals surface area contributed by atoms with E-state index in [1.807, 2.05) is 0 Å². The number of nitrogens with zero attached hydrogens (tertiary/aromatic N) is 1. The first-order valence-corrected chi connectivity index (χ1v) is 19.7. The lowest BCUT2D eigenvalue weighted by Crippen LogP contribution is -2.60. The molecule has 314 valence electrons. The van der Waals surface area contributed by atoms with Gasteiger partial charge in [0.15, 0.2) is 0 Å². The molecule has 1 aromatic heterocycles. The van der Waals surface area contributed by atoms with E-state index in [1.165, 1.54) is 19.1 Å². The Morgan fingerprint density at radius 2 is 1.59 bits per heavy atom. The molecule has 21 nitrogen and oxygen atoms in total. The zero-order valence-corrected chi connectivity index (χ0v) is 32.8. The smallest absolute Gasteiger partial charge is 0.246 e. The van der Waals surface area contributed by atoms with Gasteiger partial charge in [0.1, 0.15) is 42.0 Å². The van der Waals surface area contributed by atoms with Crippen molar-refractivity contribution >= 4 is 75.8 Å². The van der Waals surface area contributed by atoms with Crippen LogP contribution in [0.2, 0.25) is 0 Å². The summed E-state index contributed by atoms with van der Waals surface area (Å²) in [5.74, 6) is -8.51. The third-order valence-electron chi connectivity index (χ3n) is 10.2. The number of aromatic nitrogens is 1. The van der Waals surface area contributed by atoms with Crippen molar-refractivity contribution in [1.29, 1.82) is 0 Å². The molecular formula is C36H48N10O11S. The molecule has 0 spiro atoms. The molecule has 1 aromatic carbocycles. The Morgan fingerprint density at radius 3 is 2.28 bits per heavy atom. The predicted molar refractivity (Wildman–Crippen MR) is 205 cm³/mol. The zero-order valence-electron chi connectivity index (χ0n) is 32.0. The number of benzene rings is 1. The van der Waals surface area contributed by atoms with Crippen molar-refractivity contribution in [3.05, 3.63) is 23.8 Å². The molecule has 5 rings (SSSR count). The third kappa shape index (κ3) is 10.3. The fraction of sp³-hybridized carbons (Fsp3) is 0.528. The number of nitrogens with two attached hydrogens (primary N) is 1. The number of aromatic amines is 1. The SMILES string of the molecule is CCC(C)[C@@H]1NC(=O)CNC(=O)[C@@H]2Cc3c([nH]c4cc(O)ccc34)SC[C@H](NC(=O)CNC1=O)C(=O)N[C@@H](CC(N)=O)C(=O)N1C[C@H](O)C[C@H]1C(=O)N[C@@H](C)C(=O)N2. The van der Waals surface area contributed by atoms with Crippen molar-refractivity contribution in [2.75, 3.05) is 25.4 Å². The number of fused-ring (bicyclic) bond motifs is 5. The van der Waals surface area contributed by atoms with Gasteiger partial charge < -0.3 is 63.0 Å². The summed E-state index contributed by atoms with van der Waals surface area (Å²) < 4.78 is 0. The summed E-state index contributed by atoms with van der Waals surface area (Å²) in [5.41, 5.74) is 6.30. The molecule has 2 bridgehead atoms. The topological polar surface area (TPSA) is 323 Å². The highest BCUT2D eigenvalue weighted by molar-refractivity contribution is 7.99. The highest BCUT2D eigenvalue weighted by atomic mass is 32.2. The molecule has 0 aliphatic carbocycles. The second-order valence-electron chi connectivity index (χ2n) is 14.6. The molecule has 4 heterocycles. The van der Waals surface area contributed by atoms with E-state index >= 15 is 0 Å². The number of carbonyl (C=O) groups excluding carboxylic acids is 9. The number of thioether (sulfide) groups is 1. The Labute approximate surface area is 336 Å². The molecule has 12 N–H and O–H groups in total. The number of rotatable bonds is 4. The fourth-order valence-corrected chi connectivity index (χ4v) is 8.02. The maximum absolute atomic E-state index is 14.1. The summed E-state index contributed by atoms with van der Waals surface area (Å²) in [6.45, 7) is 3.18. The molecule has 9 amide bonds. The summed E-state index contributed by atoms with van der Waals surface area (Å²) in [6, 6.07) is -3.98. The van der Waals surface area contributed by atoms with Crippen LogP contribution in [0.1, 0.15) is 45.6 Å². The minimum absolute atomic E-state index is 0.105. The second kappa shape index (κ2) is 18.6. The molecule has 3 aliphatic heterocycles. The van der Waals surface area contributed by atoms with Gasteiger partial charge in [-0.25, -0.2) is 0 Å². The van der Waals surface area contributed by atoms with E-state index in [4.69, 9.17) is 5.73 Å². The Hall–Kier alpha value is -5.90. The minimum atomic E-state index is -1.66. The van der Waals surface area contributed by atoms with Gasteiger partial charge in [0.25, 0.3) is 0 Å². The average Bonchev–Trinajstić information content (AvgIpc) is 3.73. The van der Waals surface area contributed by atoms with Crippen LogP contribution in [0.25, 0.3) is 10.9 Å². The highest BCUT2D eigenvalue weighted by Gasteiger charge is 2.43. The number of H-pyrrole nitrogens is 1. The monoisotopic (exact) mass is 828 g/mol. The summed E-state index contributed by atoms with van der Waals surface area (Å²) in [5, 5.41) is 39.3. The number of phenolic OH excluding ortho intramolecular Hbond substituents is 1. The number of carbonyl (C=O) groups is 9. The number of hydrogen-bond acceptors (Lipinski definition) is 12. The number of aliphatic hydroxyl groups is 1. The van der Waals surface area contributed by atoms with E-state index in [-0.39, 0.29) is 30.9 Å². The van der Waals surface area contributed by atoms with Crippen molar-refractivity contribution in [2.45, 2.75) is 93.8 Å². The standard InChI is InChI=1S/C36H48N10O11S/c1-4-15(2)29-34(56)39-11-27(50)41-24-14-58-35-20(19-6-5-17(47)7-21(19)44-35)9-22(31(53)38-12-28(51)45-29)42-30(52)16(3)40-33(55)25-8-18(48)13-46(25)36(57)23(10-26(37)49)43-32(24)54/h5-7,15-16,18,22-25,29,44,47-48H,4,8-14H2,1-3H3,(H2,37,49)(H,38,53)(H,39,56)(H,40,55)(H,41,50)(H,42,52)(H,43,54)(H,45,51)/t15?,16-,18+,22-,23-,24-,25-,29-/m0/s1. The normalized spacial score (nSPS) is 27.8. The maximum Gasteiger partial charge on any atom is 0.246 e. The summed E-state index contributed by atoms with van der Waals surface area (Å²) in [6.07, 6.45) is -1.97. The Balaban J connectivity index is 1.64. The fourth-order valence-electron chi connectivity index (χ4n) is 6.90. The third-order valence-corrected chi connectivity index (χ3v) is 11.4. The number of phenols is 1. The molecule has 3 aliphatic rings. The first kappa shape index (κ1) is 43.2. The lowest BCUT2D eigenvalue weighted by Gasteiger charge is -2.30. The molecule has 1 fully saturated rings. The lowest BCUT2D eigenvalue weighted by atomic mass is 9.98. The van der Waals surface area contributed by atoms with E-state index < -0.39 is 121 Å². The van der Waals surface area contributed by atoms with Gasteiger partial charge in [0.2, 0.25) is 53.2 Å². The van der Waals surface area contributed by atoms with E-state index in [0.29, 0.717) is 27.9 Å². The summed E-state index contributed by atoms with van der Waals surface area (Å²) >= 11 is 0.998. The number of aliphatic hydroxyl groups excluding tert-OH is 1. The first-order valence-electron chi connectivity index (χ1n) is 18.7. The van der Waals surface area contributed by atoms with Crippen LogP contribution < -0.4 is 43.0 Å². The van der Waals surface area contributed by atoms with Crippen molar-refractivity contribution < 1.29 is 53.4 Å². The van der Waals surface area contributed by atoms with Crippen molar-refractivity contribution in [2.24, 2.45) is 11.7 Å². The van der Waals surface area contributed by atoms with Crippen molar-refractivity contribution in [3.8, 4) is 5.75 Å². The van der Waals surface area contributed by atoms with Gasteiger partial charge in [-0.05, 0) is 30.5 Å². The number of hydrogen-bond donors (Lipinski definition) is 11. The van der Waals surface area contributed by atoms with Gasteiger partial charge in [0.05, 0.1) is 36.2 Å². The van der Waals surface area contributed by atoms with E-state index in [9.17, 15) is 53.4 Å². The number of nitrogens with one attached hydrogen (secondary N) is 8. The molecule has 58 heavy (non-hydrogen) atoms. The minimum Gasteiger partial charge on any atom is -0.508 e. The number of amides is 9. The molecule has 2 aromatic rings. The molecule has 1 saturated heterocycles. The average molecular weight is 829 g/mol. The van der Waals surface area contributed by atoms with Crippen LogP contribution in [0.3, 0.4) is 0 Å². The Kier molecular flexibility index (Phi) is 13.8. The van der Waals surface area contributed by atoms with Gasteiger partial charge in [-0.2, -0.15) is 0 Å². The number of primary amides is 1. The molecular weight excluding hydrogens is 781 g/mol. The summed E-state index contributed by atoms with van der Waals surface area (Å²) in [4.78, 5) is 125. The molecule has 22 heteroatoms. The van der Waals surface area contributed by atoms with Gasteiger partial charge in [0, 0.05) is 36.6 Å². The van der Waals surface area contributed by atoms with Crippen LogP contribution in [0, 0.1) is 5.92 Å². The first-order chi connectivity index (χ1) is 27.4. The maximum atomic E-state index is 14.1. The van der Waals surface area contributed by atoms with Crippen LogP contribution in [-0.2, 0) is 49.6 Å². The molecule has 0 saturated carbocycles. The highest BCUT2D eigenvalue weighted by Crippen LogP contribution is 2.33. The van der Waals surface area contributed by atoms with Crippen LogP contribution >= 0.6 is 11.8 Å². The van der Waals surface area contributed by atoms with Crippen molar-refractivity contribution in [3.63, 3.8) is 0 Å². The van der Waals surface area contributed by atoms with Crippen LogP contribution in [0.15, 0.2) is 23.2 Å². The quantitative estimate of drug-likeness (QED) is 0.141. The van der Waals surface area contributed by atoms with E-state index in [0.717, 1.165) is 16.7 Å². The second-order valence-corrected chi connectivity index (χ2v) is 15.6. The van der Waals surface area contributed by atoms with Gasteiger partial charge in [-0.3, -0.25) is 43.2 Å². The molecule has 1 unspecified atom stereocenters.